The van der Waals surface area contributed by atoms with E-state index in [9.17, 15) is 27.2 Å². The van der Waals surface area contributed by atoms with Crippen LogP contribution in [0.4, 0.5) is 10.1 Å². The van der Waals surface area contributed by atoms with E-state index in [4.69, 9.17) is 0 Å². The van der Waals surface area contributed by atoms with Crippen LogP contribution in [-0.4, -0.2) is 74.6 Å². The second-order valence-electron chi connectivity index (χ2n) is 8.13. The summed E-state index contributed by atoms with van der Waals surface area (Å²) in [5.41, 5.74) is 0.871. The van der Waals surface area contributed by atoms with Gasteiger partial charge in [0, 0.05) is 57.7 Å². The number of amides is 3. The Morgan fingerprint density at radius 1 is 0.882 bits per heavy atom. The number of carbonyl (C=O) groups is 3. The summed E-state index contributed by atoms with van der Waals surface area (Å²) in [6.45, 7) is 2.59. The van der Waals surface area contributed by atoms with E-state index in [1.165, 1.54) is 16.4 Å². The molecule has 0 atom stereocenters. The first-order valence-electron chi connectivity index (χ1n) is 11.0. The van der Waals surface area contributed by atoms with Crippen molar-refractivity contribution in [3.8, 4) is 0 Å². The third-order valence-corrected chi connectivity index (χ3v) is 7.85. The maximum Gasteiger partial charge on any atom is 0.251 e. The first-order valence-corrected chi connectivity index (χ1v) is 12.4. The second-order valence-corrected chi connectivity index (χ2v) is 10.1. The molecule has 0 aliphatic carbocycles. The molecule has 1 N–H and O–H groups in total. The molecule has 180 valence electrons. The zero-order chi connectivity index (χ0) is 24.3. The zero-order valence-corrected chi connectivity index (χ0v) is 19.3. The molecular formula is C23H25FN4O5S. The molecule has 9 nitrogen and oxygen atoms in total. The number of rotatable bonds is 7. The minimum Gasteiger partial charge on any atom is -0.351 e. The van der Waals surface area contributed by atoms with E-state index in [2.05, 4.69) is 10.2 Å². The normalized spacial score (nSPS) is 17.9. The molecule has 0 spiro atoms. The summed E-state index contributed by atoms with van der Waals surface area (Å²) in [6, 6.07) is 11.1. The van der Waals surface area contributed by atoms with Gasteiger partial charge in [0.25, 0.3) is 5.91 Å². The largest absolute Gasteiger partial charge is 0.351 e. The van der Waals surface area contributed by atoms with Crippen molar-refractivity contribution in [2.75, 3.05) is 44.2 Å². The standard InChI is InChI=1S/C23H25FN4O5S/c24-18-3-7-20(8-4-18)34(32,33)27-15-13-26(14-16-27)12-11-25-23(31)17-1-5-19(6-2-17)28-21(29)9-10-22(28)30/h1-8H,9-16H2,(H,25,31). The third kappa shape index (κ3) is 5.16. The highest BCUT2D eigenvalue weighted by Gasteiger charge is 2.30. The Morgan fingerprint density at radius 3 is 2.06 bits per heavy atom. The third-order valence-electron chi connectivity index (χ3n) is 5.94. The number of sulfonamides is 1. The van der Waals surface area contributed by atoms with E-state index in [1.807, 2.05) is 0 Å². The molecule has 2 aliphatic heterocycles. The van der Waals surface area contributed by atoms with Crippen molar-refractivity contribution in [3.63, 3.8) is 0 Å². The molecule has 2 aliphatic rings. The van der Waals surface area contributed by atoms with Crippen molar-refractivity contribution in [1.29, 1.82) is 0 Å². The number of halogens is 1. The van der Waals surface area contributed by atoms with Gasteiger partial charge in [-0.2, -0.15) is 4.31 Å². The SMILES string of the molecule is O=C(NCCN1CCN(S(=O)(=O)c2ccc(F)cc2)CC1)c1ccc(N2C(=O)CCC2=O)cc1. The number of carbonyl (C=O) groups excluding carboxylic acids is 3. The number of piperazine rings is 1. The van der Waals surface area contributed by atoms with Crippen molar-refractivity contribution in [2.45, 2.75) is 17.7 Å². The summed E-state index contributed by atoms with van der Waals surface area (Å²) in [7, 11) is -3.66. The van der Waals surface area contributed by atoms with Crippen LogP contribution in [0.3, 0.4) is 0 Å². The second kappa shape index (κ2) is 10.00. The van der Waals surface area contributed by atoms with Crippen LogP contribution in [-0.2, 0) is 19.6 Å². The maximum absolute atomic E-state index is 13.1. The van der Waals surface area contributed by atoms with Gasteiger partial charge >= 0.3 is 0 Å². The molecule has 4 rings (SSSR count). The molecule has 34 heavy (non-hydrogen) atoms. The number of nitrogens with one attached hydrogen (secondary N) is 1. The highest BCUT2D eigenvalue weighted by molar-refractivity contribution is 7.89. The van der Waals surface area contributed by atoms with Crippen LogP contribution in [0.5, 0.6) is 0 Å². The fourth-order valence-electron chi connectivity index (χ4n) is 4.01. The predicted molar refractivity (Wildman–Crippen MR) is 122 cm³/mol. The molecule has 0 unspecified atom stereocenters. The van der Waals surface area contributed by atoms with Crippen LogP contribution in [0.1, 0.15) is 23.2 Å². The quantitative estimate of drug-likeness (QED) is 0.588. The van der Waals surface area contributed by atoms with Gasteiger partial charge in [-0.1, -0.05) is 0 Å². The lowest BCUT2D eigenvalue weighted by Gasteiger charge is -2.33. The average molecular weight is 489 g/mol. The summed E-state index contributed by atoms with van der Waals surface area (Å²) < 4.78 is 39.9. The molecule has 0 bridgehead atoms. The van der Waals surface area contributed by atoms with E-state index in [0.717, 1.165) is 17.0 Å². The van der Waals surface area contributed by atoms with Crippen molar-refractivity contribution in [3.05, 3.63) is 59.9 Å². The van der Waals surface area contributed by atoms with E-state index < -0.39 is 15.8 Å². The van der Waals surface area contributed by atoms with Crippen LogP contribution in [0.15, 0.2) is 53.4 Å². The van der Waals surface area contributed by atoms with Crippen molar-refractivity contribution < 1.29 is 27.2 Å². The van der Waals surface area contributed by atoms with Gasteiger partial charge in [-0.3, -0.25) is 24.2 Å². The van der Waals surface area contributed by atoms with E-state index >= 15 is 0 Å². The molecular weight excluding hydrogens is 463 g/mol. The van der Waals surface area contributed by atoms with Gasteiger partial charge in [0.2, 0.25) is 21.8 Å². The number of anilines is 1. The van der Waals surface area contributed by atoms with Gasteiger partial charge in [-0.25, -0.2) is 12.8 Å². The number of nitrogens with zero attached hydrogens (tertiary/aromatic N) is 3. The highest BCUT2D eigenvalue weighted by Crippen LogP contribution is 2.23. The summed E-state index contributed by atoms with van der Waals surface area (Å²) >= 11 is 0. The zero-order valence-electron chi connectivity index (χ0n) is 18.4. The van der Waals surface area contributed by atoms with E-state index in [0.29, 0.717) is 50.5 Å². The van der Waals surface area contributed by atoms with E-state index in [-0.39, 0.29) is 35.5 Å². The van der Waals surface area contributed by atoms with Crippen molar-refractivity contribution in [2.24, 2.45) is 0 Å². The lowest BCUT2D eigenvalue weighted by Crippen LogP contribution is -2.50. The van der Waals surface area contributed by atoms with Crippen LogP contribution in [0.25, 0.3) is 0 Å². The first kappa shape index (κ1) is 24.0. The Labute approximate surface area is 197 Å². The fraction of sp³-hybridized carbons (Fsp3) is 0.348. The van der Waals surface area contributed by atoms with Gasteiger partial charge < -0.3 is 5.32 Å². The van der Waals surface area contributed by atoms with Gasteiger partial charge in [0.1, 0.15) is 5.82 Å². The van der Waals surface area contributed by atoms with Gasteiger partial charge in [-0.05, 0) is 48.5 Å². The van der Waals surface area contributed by atoms with Crippen LogP contribution in [0.2, 0.25) is 0 Å². The van der Waals surface area contributed by atoms with Crippen molar-refractivity contribution in [1.82, 2.24) is 14.5 Å². The molecule has 2 aromatic carbocycles. The summed E-state index contributed by atoms with van der Waals surface area (Å²) in [6.07, 6.45) is 0.404. The van der Waals surface area contributed by atoms with Gasteiger partial charge in [0.15, 0.2) is 0 Å². The average Bonchev–Trinajstić information content (AvgIpc) is 3.17. The Hall–Kier alpha value is -3.15. The molecule has 0 radical (unpaired) electrons. The van der Waals surface area contributed by atoms with Gasteiger partial charge in [0.05, 0.1) is 10.6 Å². The minimum absolute atomic E-state index is 0.0686. The molecule has 0 aromatic heterocycles. The van der Waals surface area contributed by atoms with Crippen LogP contribution in [0, 0.1) is 5.82 Å². The Bertz CT molecular complexity index is 1160. The minimum atomic E-state index is -3.66. The van der Waals surface area contributed by atoms with E-state index in [1.54, 1.807) is 24.3 Å². The maximum atomic E-state index is 13.1. The molecule has 11 heteroatoms. The number of hydrogen-bond donors (Lipinski definition) is 1. The Morgan fingerprint density at radius 2 is 1.47 bits per heavy atom. The number of hydrogen-bond acceptors (Lipinski definition) is 6. The molecule has 2 fully saturated rings. The Balaban J connectivity index is 1.23. The molecule has 2 heterocycles. The molecule has 0 saturated carbocycles. The monoisotopic (exact) mass is 488 g/mol. The van der Waals surface area contributed by atoms with Crippen molar-refractivity contribution >= 4 is 33.4 Å². The Kier molecular flexibility index (Phi) is 7.05. The smallest absolute Gasteiger partial charge is 0.251 e. The lowest BCUT2D eigenvalue weighted by atomic mass is 10.2. The molecule has 2 saturated heterocycles. The predicted octanol–water partition coefficient (Wildman–Crippen LogP) is 1.22. The summed E-state index contributed by atoms with van der Waals surface area (Å²) in [5.74, 6) is -1.25. The van der Waals surface area contributed by atoms with Crippen LogP contribution < -0.4 is 10.2 Å². The number of benzene rings is 2. The summed E-state index contributed by atoms with van der Waals surface area (Å²) in [4.78, 5) is 39.3. The van der Waals surface area contributed by atoms with Gasteiger partial charge in [-0.15, -0.1) is 0 Å². The number of imide groups is 1. The first-order chi connectivity index (χ1) is 16.3. The topological polar surface area (TPSA) is 107 Å². The summed E-state index contributed by atoms with van der Waals surface area (Å²) in [5, 5.41) is 2.83. The highest BCUT2D eigenvalue weighted by atomic mass is 32.2. The fourth-order valence-corrected chi connectivity index (χ4v) is 5.43. The molecule has 3 amide bonds. The van der Waals surface area contributed by atoms with Crippen LogP contribution >= 0.6 is 0 Å². The molecule has 2 aromatic rings. The lowest BCUT2D eigenvalue weighted by molar-refractivity contribution is -0.121.